The van der Waals surface area contributed by atoms with Crippen LogP contribution in [-0.4, -0.2) is 36.7 Å². The van der Waals surface area contributed by atoms with E-state index < -0.39 is 12.3 Å². The molecule has 5 nitrogen and oxygen atoms in total. The summed E-state index contributed by atoms with van der Waals surface area (Å²) in [6.45, 7) is 4.35. The fourth-order valence-electron chi connectivity index (χ4n) is 1.88. The van der Waals surface area contributed by atoms with Crippen LogP contribution in [0.2, 0.25) is 0 Å². The molecule has 18 heavy (non-hydrogen) atoms. The summed E-state index contributed by atoms with van der Waals surface area (Å²) < 4.78 is 16.1. The van der Waals surface area contributed by atoms with E-state index in [2.05, 4.69) is 0 Å². The largest absolute Gasteiger partial charge is 0.427 e. The van der Waals surface area contributed by atoms with Crippen LogP contribution < -0.4 is 0 Å². The standard InChI is InChI=1S/C12H16O5S/c1-7-10(18-8(2)13)12(17-11(7)14)16-9-4-3-5-15-6-9/h9,12H,3-6H2,1-2H3. The summed E-state index contributed by atoms with van der Waals surface area (Å²) in [6.07, 6.45) is 0.983. The van der Waals surface area contributed by atoms with E-state index in [9.17, 15) is 9.59 Å². The summed E-state index contributed by atoms with van der Waals surface area (Å²) in [5.74, 6) is -0.416. The second-order valence-corrected chi connectivity index (χ2v) is 5.51. The first kappa shape index (κ1) is 13.6. The van der Waals surface area contributed by atoms with E-state index in [4.69, 9.17) is 14.2 Å². The molecule has 100 valence electrons. The van der Waals surface area contributed by atoms with Crippen LogP contribution >= 0.6 is 11.8 Å². The molecule has 6 heteroatoms. The minimum atomic E-state index is -0.752. The van der Waals surface area contributed by atoms with Gasteiger partial charge in [0.15, 0.2) is 5.12 Å². The number of carbonyl (C=O) groups excluding carboxylic acids is 2. The smallest absolute Gasteiger partial charge is 0.337 e. The lowest BCUT2D eigenvalue weighted by Gasteiger charge is -2.25. The van der Waals surface area contributed by atoms with Gasteiger partial charge >= 0.3 is 5.97 Å². The molecular formula is C12H16O5S. The van der Waals surface area contributed by atoms with Crippen LogP contribution in [0, 0.1) is 0 Å². The van der Waals surface area contributed by atoms with Crippen molar-refractivity contribution in [1.82, 2.24) is 0 Å². The highest BCUT2D eigenvalue weighted by molar-refractivity contribution is 8.16. The summed E-state index contributed by atoms with van der Waals surface area (Å²) in [6, 6.07) is 0. The zero-order valence-corrected chi connectivity index (χ0v) is 11.2. The number of carbonyl (C=O) groups is 2. The zero-order chi connectivity index (χ0) is 13.1. The SMILES string of the molecule is CC(=O)SC1=C(C)C(=O)OC1OC1CCCOC1. The summed E-state index contributed by atoms with van der Waals surface area (Å²) in [7, 11) is 0. The molecule has 0 amide bonds. The Balaban J connectivity index is 2.02. The number of hydrogen-bond acceptors (Lipinski definition) is 6. The van der Waals surface area contributed by atoms with Gasteiger partial charge in [-0.3, -0.25) is 4.79 Å². The van der Waals surface area contributed by atoms with Crippen molar-refractivity contribution in [3.63, 3.8) is 0 Å². The number of esters is 1. The Morgan fingerprint density at radius 3 is 2.89 bits per heavy atom. The van der Waals surface area contributed by atoms with E-state index in [1.807, 2.05) is 0 Å². The van der Waals surface area contributed by atoms with Gasteiger partial charge in [0, 0.05) is 13.5 Å². The molecule has 0 aromatic rings. The molecule has 2 aliphatic rings. The van der Waals surface area contributed by atoms with E-state index in [0.717, 1.165) is 31.2 Å². The first-order chi connectivity index (χ1) is 8.58. The molecule has 0 saturated carbocycles. The Bertz CT molecular complexity index is 384. The lowest BCUT2D eigenvalue weighted by atomic mass is 10.2. The van der Waals surface area contributed by atoms with Crippen molar-refractivity contribution < 1.29 is 23.8 Å². The third kappa shape index (κ3) is 3.13. The van der Waals surface area contributed by atoms with Crippen molar-refractivity contribution in [2.75, 3.05) is 13.2 Å². The van der Waals surface area contributed by atoms with E-state index in [1.165, 1.54) is 6.92 Å². The van der Waals surface area contributed by atoms with Crippen LogP contribution in [-0.2, 0) is 23.8 Å². The Morgan fingerprint density at radius 2 is 2.28 bits per heavy atom. The van der Waals surface area contributed by atoms with Gasteiger partial charge < -0.3 is 14.2 Å². The molecule has 0 aliphatic carbocycles. The van der Waals surface area contributed by atoms with E-state index >= 15 is 0 Å². The summed E-state index contributed by atoms with van der Waals surface area (Å²) in [4.78, 5) is 23.2. The fraction of sp³-hybridized carbons (Fsp3) is 0.667. The first-order valence-corrected chi connectivity index (χ1v) is 6.73. The van der Waals surface area contributed by atoms with Gasteiger partial charge in [0.25, 0.3) is 0 Å². The second kappa shape index (κ2) is 5.86. The molecule has 0 radical (unpaired) electrons. The lowest BCUT2D eigenvalue weighted by molar-refractivity contribution is -0.177. The molecule has 2 aliphatic heterocycles. The maximum Gasteiger partial charge on any atom is 0.337 e. The lowest BCUT2D eigenvalue weighted by Crippen LogP contribution is -2.31. The van der Waals surface area contributed by atoms with Crippen molar-refractivity contribution in [1.29, 1.82) is 0 Å². The van der Waals surface area contributed by atoms with Crippen molar-refractivity contribution in [3.8, 4) is 0 Å². The molecule has 2 heterocycles. The molecule has 0 bridgehead atoms. The average molecular weight is 272 g/mol. The average Bonchev–Trinajstić information content (AvgIpc) is 2.58. The molecule has 0 aromatic heterocycles. The fourth-order valence-corrected chi connectivity index (χ4v) is 2.62. The molecular weight excluding hydrogens is 256 g/mol. The van der Waals surface area contributed by atoms with Gasteiger partial charge in [-0.05, 0) is 31.5 Å². The van der Waals surface area contributed by atoms with Gasteiger partial charge in [0.1, 0.15) is 0 Å². The molecule has 1 saturated heterocycles. The highest BCUT2D eigenvalue weighted by atomic mass is 32.2. The van der Waals surface area contributed by atoms with Gasteiger partial charge in [-0.1, -0.05) is 0 Å². The van der Waals surface area contributed by atoms with Gasteiger partial charge in [-0.15, -0.1) is 0 Å². The van der Waals surface area contributed by atoms with Crippen molar-refractivity contribution in [2.24, 2.45) is 0 Å². The molecule has 2 rings (SSSR count). The van der Waals surface area contributed by atoms with Crippen LogP contribution in [0.15, 0.2) is 10.5 Å². The van der Waals surface area contributed by atoms with E-state index in [0.29, 0.717) is 17.1 Å². The predicted molar refractivity (Wildman–Crippen MR) is 65.8 cm³/mol. The van der Waals surface area contributed by atoms with Gasteiger partial charge in [-0.2, -0.15) is 0 Å². The maximum atomic E-state index is 11.5. The summed E-state index contributed by atoms with van der Waals surface area (Å²) in [5.41, 5.74) is 0.455. The number of rotatable bonds is 3. The Hall–Kier alpha value is -0.850. The van der Waals surface area contributed by atoms with Crippen LogP contribution in [0.3, 0.4) is 0 Å². The number of cyclic esters (lactones) is 1. The predicted octanol–water partition coefficient (Wildman–Crippen LogP) is 1.62. The van der Waals surface area contributed by atoms with Crippen molar-refractivity contribution in [3.05, 3.63) is 10.5 Å². The van der Waals surface area contributed by atoms with Crippen molar-refractivity contribution in [2.45, 2.75) is 39.1 Å². The minimum absolute atomic E-state index is 0.0787. The first-order valence-electron chi connectivity index (χ1n) is 5.91. The Kier molecular flexibility index (Phi) is 4.42. The monoisotopic (exact) mass is 272 g/mol. The zero-order valence-electron chi connectivity index (χ0n) is 10.4. The third-order valence-corrected chi connectivity index (χ3v) is 3.80. The van der Waals surface area contributed by atoms with Gasteiger partial charge in [0.2, 0.25) is 6.29 Å². The minimum Gasteiger partial charge on any atom is -0.427 e. The van der Waals surface area contributed by atoms with Crippen molar-refractivity contribution >= 4 is 22.8 Å². The van der Waals surface area contributed by atoms with E-state index in [1.54, 1.807) is 6.92 Å². The molecule has 0 aromatic carbocycles. The number of thioether (sulfide) groups is 1. The molecule has 2 atom stereocenters. The molecule has 2 unspecified atom stereocenters. The molecule has 0 N–H and O–H groups in total. The van der Waals surface area contributed by atoms with Crippen LogP contribution in [0.4, 0.5) is 0 Å². The maximum absolute atomic E-state index is 11.5. The second-order valence-electron chi connectivity index (χ2n) is 4.30. The van der Waals surface area contributed by atoms with E-state index in [-0.39, 0.29) is 11.2 Å². The highest BCUT2D eigenvalue weighted by Crippen LogP contribution is 2.34. The highest BCUT2D eigenvalue weighted by Gasteiger charge is 2.35. The van der Waals surface area contributed by atoms with Gasteiger partial charge in [0.05, 0.1) is 23.2 Å². The van der Waals surface area contributed by atoms with Gasteiger partial charge in [-0.25, -0.2) is 4.79 Å². The Labute approximate surface area is 110 Å². The summed E-state index contributed by atoms with van der Waals surface area (Å²) >= 11 is 1.000. The van der Waals surface area contributed by atoms with Crippen LogP contribution in [0.5, 0.6) is 0 Å². The third-order valence-electron chi connectivity index (χ3n) is 2.79. The van der Waals surface area contributed by atoms with Crippen LogP contribution in [0.1, 0.15) is 26.7 Å². The Morgan fingerprint density at radius 1 is 1.50 bits per heavy atom. The van der Waals surface area contributed by atoms with Crippen LogP contribution in [0.25, 0.3) is 0 Å². The quantitative estimate of drug-likeness (QED) is 0.727. The normalized spacial score (nSPS) is 28.4. The molecule has 0 spiro atoms. The number of hydrogen-bond donors (Lipinski definition) is 0. The number of ether oxygens (including phenoxy) is 3. The summed E-state index contributed by atoms with van der Waals surface area (Å²) in [5, 5.41) is -0.0869. The molecule has 1 fully saturated rings. The topological polar surface area (TPSA) is 61.8 Å².